The number of amides is 1. The maximum Gasteiger partial charge on any atom is 0.279 e. The average molecular weight is 621 g/mol. The summed E-state index contributed by atoms with van der Waals surface area (Å²) in [6.07, 6.45) is 0. The summed E-state index contributed by atoms with van der Waals surface area (Å²) in [7, 11) is 1.97. The Bertz CT molecular complexity index is 2030. The van der Waals surface area contributed by atoms with E-state index in [9.17, 15) is 4.79 Å². The molecule has 1 aromatic heterocycles. The van der Waals surface area contributed by atoms with Crippen molar-refractivity contribution in [3.05, 3.63) is 145 Å². The molecule has 2 heterocycles. The van der Waals surface area contributed by atoms with Crippen LogP contribution >= 0.6 is 11.3 Å². The lowest BCUT2D eigenvalue weighted by molar-refractivity contribution is -0.112. The molecule has 9 heteroatoms. The number of aliphatic imine (C=N–C) groups is 1. The second kappa shape index (κ2) is 13.0. The highest BCUT2D eigenvalue weighted by molar-refractivity contribution is 7.19. The molecule has 0 spiro atoms. The zero-order valence-electron chi connectivity index (χ0n) is 24.9. The van der Waals surface area contributed by atoms with E-state index in [4.69, 9.17) is 14.7 Å². The number of benzene rings is 5. The predicted octanol–water partition coefficient (Wildman–Crippen LogP) is 9.58. The van der Waals surface area contributed by atoms with Gasteiger partial charge in [0.2, 0.25) is 5.13 Å². The molecular formula is C37H28N6O2S. The number of rotatable bonds is 9. The fourth-order valence-corrected chi connectivity index (χ4v) is 5.88. The topological polar surface area (TPSA) is 82.8 Å². The summed E-state index contributed by atoms with van der Waals surface area (Å²) in [6, 6.07) is 44.5. The van der Waals surface area contributed by atoms with E-state index in [1.54, 1.807) is 4.90 Å². The third-order valence-corrected chi connectivity index (χ3v) is 8.21. The van der Waals surface area contributed by atoms with Crippen molar-refractivity contribution >= 4 is 50.2 Å². The highest BCUT2D eigenvalue weighted by atomic mass is 32.1. The molecule has 46 heavy (non-hydrogen) atoms. The minimum Gasteiger partial charge on any atom is -0.457 e. The molecule has 0 saturated heterocycles. The van der Waals surface area contributed by atoms with Crippen LogP contribution in [0.5, 0.6) is 11.5 Å². The Balaban J connectivity index is 1.18. The molecule has 8 nitrogen and oxygen atoms in total. The van der Waals surface area contributed by atoms with Crippen molar-refractivity contribution in [2.24, 2.45) is 15.2 Å². The Hall–Kier alpha value is -5.93. The number of hydrogen-bond donors (Lipinski definition) is 0. The summed E-state index contributed by atoms with van der Waals surface area (Å²) >= 11 is 1.29. The summed E-state index contributed by atoms with van der Waals surface area (Å²) in [6.45, 7) is 0.376. The van der Waals surface area contributed by atoms with Crippen LogP contribution in [0.15, 0.2) is 155 Å². The molecular weight excluding hydrogens is 593 g/mol. The van der Waals surface area contributed by atoms with E-state index in [0.717, 1.165) is 28.3 Å². The minimum atomic E-state index is -0.179. The summed E-state index contributed by atoms with van der Waals surface area (Å²) in [5.41, 5.74) is 5.15. The molecule has 0 unspecified atom stereocenters. The highest BCUT2D eigenvalue weighted by Gasteiger charge is 2.34. The number of thiazole rings is 1. The van der Waals surface area contributed by atoms with Crippen molar-refractivity contribution in [1.82, 2.24) is 4.98 Å². The summed E-state index contributed by atoms with van der Waals surface area (Å²) in [4.78, 5) is 27.3. The number of azo groups is 1. The number of hydrogen-bond acceptors (Lipinski definition) is 8. The van der Waals surface area contributed by atoms with E-state index >= 15 is 0 Å². The van der Waals surface area contributed by atoms with Gasteiger partial charge in [-0.15, -0.1) is 10.2 Å². The molecule has 0 saturated carbocycles. The van der Waals surface area contributed by atoms with Crippen molar-refractivity contribution in [1.29, 1.82) is 0 Å². The molecule has 5 aromatic carbocycles. The quantitative estimate of drug-likeness (QED) is 0.151. The van der Waals surface area contributed by atoms with Crippen LogP contribution in [0, 0.1) is 0 Å². The van der Waals surface area contributed by atoms with E-state index in [1.807, 2.05) is 151 Å². The molecule has 0 atom stereocenters. The Morgan fingerprint density at radius 1 is 0.739 bits per heavy atom. The Morgan fingerprint density at radius 3 is 2.11 bits per heavy atom. The van der Waals surface area contributed by atoms with Crippen LogP contribution in [-0.4, -0.2) is 30.3 Å². The number of fused-ring (bicyclic) bond motifs is 1. The van der Waals surface area contributed by atoms with Gasteiger partial charge in [-0.3, -0.25) is 9.69 Å². The summed E-state index contributed by atoms with van der Waals surface area (Å²) < 4.78 is 5.90. The van der Waals surface area contributed by atoms with E-state index in [2.05, 4.69) is 10.2 Å². The van der Waals surface area contributed by atoms with Crippen LogP contribution in [0.1, 0.15) is 5.56 Å². The fourth-order valence-electron chi connectivity index (χ4n) is 5.09. The van der Waals surface area contributed by atoms with Gasteiger partial charge in [-0.05, 0) is 54.6 Å². The molecule has 1 aliphatic heterocycles. The summed E-state index contributed by atoms with van der Waals surface area (Å²) in [5.74, 6) is 1.29. The van der Waals surface area contributed by atoms with E-state index < -0.39 is 0 Å². The van der Waals surface area contributed by atoms with Crippen LogP contribution in [0.2, 0.25) is 0 Å². The zero-order chi connectivity index (χ0) is 31.3. The van der Waals surface area contributed by atoms with E-state index in [0.29, 0.717) is 39.6 Å². The number of carbonyl (C=O) groups excluding carboxylic acids is 1. The van der Waals surface area contributed by atoms with Crippen molar-refractivity contribution in [2.45, 2.75) is 0 Å². The first-order valence-corrected chi connectivity index (χ1v) is 15.5. The Morgan fingerprint density at radius 2 is 1.37 bits per heavy atom. The number of ether oxygens (including phenoxy) is 1. The molecule has 0 N–H and O–H groups in total. The van der Waals surface area contributed by atoms with E-state index in [1.165, 1.54) is 11.3 Å². The van der Waals surface area contributed by atoms with Gasteiger partial charge in [0.25, 0.3) is 5.91 Å². The van der Waals surface area contributed by atoms with Gasteiger partial charge in [0, 0.05) is 23.9 Å². The lowest BCUT2D eigenvalue weighted by Crippen LogP contribution is -2.39. The molecule has 7 rings (SSSR count). The second-order valence-electron chi connectivity index (χ2n) is 10.5. The van der Waals surface area contributed by atoms with Crippen LogP contribution in [0.25, 0.3) is 11.3 Å². The van der Waals surface area contributed by atoms with Gasteiger partial charge in [0.1, 0.15) is 22.9 Å². The third kappa shape index (κ3) is 6.17. The molecule has 0 bridgehead atoms. The molecule has 1 aliphatic rings. The number of anilines is 2. The van der Waals surface area contributed by atoms with Crippen LogP contribution in [0.4, 0.5) is 27.2 Å². The second-order valence-corrected chi connectivity index (χ2v) is 11.5. The van der Waals surface area contributed by atoms with Gasteiger partial charge in [0.15, 0.2) is 5.00 Å². The largest absolute Gasteiger partial charge is 0.457 e. The molecule has 1 amide bonds. The minimum absolute atomic E-state index is 0.179. The standard InChI is InChI=1S/C37H28N6O2S/c1-42(28-15-7-3-8-16-28)25-43-32-20-12-11-19-31(32)34(36(43)44)39-37-38-33(26-13-5-2-6-14-26)35(46-37)41-40-27-21-23-30(24-22-27)45-29-17-9-4-10-18-29/h2-24H,25H2,1H3/b39-34-,41-40?. The van der Waals surface area contributed by atoms with Crippen molar-refractivity contribution in [2.75, 3.05) is 23.5 Å². The van der Waals surface area contributed by atoms with Gasteiger partial charge in [0.05, 0.1) is 18.0 Å². The number of carbonyl (C=O) groups is 1. The molecule has 224 valence electrons. The monoisotopic (exact) mass is 620 g/mol. The van der Waals surface area contributed by atoms with Crippen LogP contribution < -0.4 is 14.5 Å². The highest BCUT2D eigenvalue weighted by Crippen LogP contribution is 2.41. The first-order chi connectivity index (χ1) is 22.6. The van der Waals surface area contributed by atoms with Crippen LogP contribution in [0.3, 0.4) is 0 Å². The number of para-hydroxylation sites is 3. The number of aromatic nitrogens is 1. The van der Waals surface area contributed by atoms with Gasteiger partial charge < -0.3 is 9.64 Å². The van der Waals surface area contributed by atoms with Gasteiger partial charge >= 0.3 is 0 Å². The maximum atomic E-state index is 13.8. The fraction of sp³-hybridized carbons (Fsp3) is 0.0541. The number of nitrogens with zero attached hydrogens (tertiary/aromatic N) is 6. The van der Waals surface area contributed by atoms with Gasteiger partial charge in [-0.2, -0.15) is 0 Å². The third-order valence-electron chi connectivity index (χ3n) is 7.37. The van der Waals surface area contributed by atoms with Crippen molar-refractivity contribution in [3.8, 4) is 22.8 Å². The van der Waals surface area contributed by atoms with E-state index in [-0.39, 0.29) is 5.91 Å². The van der Waals surface area contributed by atoms with Crippen molar-refractivity contribution < 1.29 is 9.53 Å². The Kier molecular flexibility index (Phi) is 8.13. The maximum absolute atomic E-state index is 13.8. The predicted molar refractivity (Wildman–Crippen MR) is 185 cm³/mol. The first-order valence-electron chi connectivity index (χ1n) is 14.7. The first kappa shape index (κ1) is 28.8. The molecule has 0 aliphatic carbocycles. The van der Waals surface area contributed by atoms with Gasteiger partial charge in [-0.25, -0.2) is 9.98 Å². The van der Waals surface area contributed by atoms with Gasteiger partial charge in [-0.1, -0.05) is 96.3 Å². The molecule has 0 fully saturated rings. The van der Waals surface area contributed by atoms with Crippen LogP contribution in [-0.2, 0) is 4.79 Å². The lowest BCUT2D eigenvalue weighted by Gasteiger charge is -2.26. The smallest absolute Gasteiger partial charge is 0.279 e. The molecule has 6 aromatic rings. The Labute approximate surface area is 270 Å². The molecule has 0 radical (unpaired) electrons. The van der Waals surface area contributed by atoms with Crippen molar-refractivity contribution in [3.63, 3.8) is 0 Å². The zero-order valence-corrected chi connectivity index (χ0v) is 25.7. The normalized spacial score (nSPS) is 13.4. The lowest BCUT2D eigenvalue weighted by atomic mass is 10.1. The average Bonchev–Trinajstić information content (AvgIpc) is 3.63. The SMILES string of the molecule is CN(CN1C(=O)/C(=N\c2nc(-c3ccccc3)c(N=Nc3ccc(Oc4ccccc4)cc3)s2)c2ccccc21)c1ccccc1. The summed E-state index contributed by atoms with van der Waals surface area (Å²) in [5, 5.41) is 10.1.